The number of amides is 1. The molecule has 2 aromatic carbocycles. The summed E-state index contributed by atoms with van der Waals surface area (Å²) in [6.45, 7) is 1.56. The molecule has 1 atom stereocenters. The van der Waals surface area contributed by atoms with Crippen LogP contribution in [0.4, 0.5) is 14.5 Å². The molecule has 0 bridgehead atoms. The van der Waals surface area contributed by atoms with Crippen molar-refractivity contribution in [2.24, 2.45) is 10.7 Å². The van der Waals surface area contributed by atoms with E-state index in [1.807, 2.05) is 12.1 Å². The van der Waals surface area contributed by atoms with Gasteiger partial charge in [0.2, 0.25) is 0 Å². The molecule has 1 heterocycles. The second-order valence-corrected chi connectivity index (χ2v) is 7.29. The number of benzene rings is 2. The van der Waals surface area contributed by atoms with Gasteiger partial charge in [-0.25, -0.2) is 8.78 Å². The van der Waals surface area contributed by atoms with Crippen LogP contribution in [0.5, 0.6) is 5.75 Å². The summed E-state index contributed by atoms with van der Waals surface area (Å²) < 4.78 is 33.3. The summed E-state index contributed by atoms with van der Waals surface area (Å²) in [5.41, 5.74) is 6.18. The topological polar surface area (TPSA) is 92.0 Å². The number of ether oxygens (including phenoxy) is 1. The summed E-state index contributed by atoms with van der Waals surface area (Å²) >= 11 is 0. The number of anilines is 1. The maximum absolute atomic E-state index is 14.0. The van der Waals surface area contributed by atoms with Gasteiger partial charge in [0, 0.05) is 32.7 Å². The summed E-state index contributed by atoms with van der Waals surface area (Å²) in [4.78, 5) is 16.7. The molecule has 0 spiro atoms. The Kier molecular flexibility index (Phi) is 7.64. The molecular weight excluding hydrogens is 404 g/mol. The van der Waals surface area contributed by atoms with Crippen molar-refractivity contribution in [2.75, 3.05) is 38.2 Å². The van der Waals surface area contributed by atoms with E-state index < -0.39 is 17.5 Å². The fourth-order valence-electron chi connectivity index (χ4n) is 3.49. The number of hydrogen-bond acceptors (Lipinski definition) is 4. The number of primary amides is 1. The lowest BCUT2D eigenvalue weighted by Gasteiger charge is -2.21. The smallest absolute Gasteiger partial charge is 0.255 e. The summed E-state index contributed by atoms with van der Waals surface area (Å²) in [6.07, 6.45) is 1.51. The Morgan fingerprint density at radius 1 is 1.23 bits per heavy atom. The normalized spacial score (nSPS) is 16.3. The molecule has 1 unspecified atom stereocenters. The van der Waals surface area contributed by atoms with Crippen LogP contribution in [-0.2, 0) is 11.2 Å². The zero-order chi connectivity index (χ0) is 22.2. The first-order chi connectivity index (χ1) is 15.0. The van der Waals surface area contributed by atoms with E-state index in [2.05, 4.69) is 15.6 Å². The van der Waals surface area contributed by atoms with Gasteiger partial charge in [-0.3, -0.25) is 9.79 Å². The second-order valence-electron chi connectivity index (χ2n) is 7.29. The van der Waals surface area contributed by atoms with E-state index in [1.165, 1.54) is 18.2 Å². The van der Waals surface area contributed by atoms with Crippen LogP contribution >= 0.6 is 0 Å². The fraction of sp³-hybridized carbons (Fsp3) is 0.364. The van der Waals surface area contributed by atoms with E-state index in [0.717, 1.165) is 18.4 Å². The van der Waals surface area contributed by atoms with Crippen LogP contribution in [0.25, 0.3) is 0 Å². The molecule has 0 aromatic heterocycles. The number of para-hydroxylation sites is 1. The molecule has 9 heteroatoms. The molecule has 1 fully saturated rings. The first-order valence-electron chi connectivity index (χ1n) is 10.1. The molecule has 4 N–H and O–H groups in total. The van der Waals surface area contributed by atoms with E-state index >= 15 is 0 Å². The molecule has 31 heavy (non-hydrogen) atoms. The predicted molar refractivity (Wildman–Crippen MR) is 116 cm³/mol. The number of nitrogens with two attached hydrogens (primary N) is 1. The standard InChI is InChI=1S/C22H27F2N5O2/c1-26-22(27-11-9-15-5-7-17(8-6-15)31-14-20(25)30)28-16-10-12-29(13-16)21-18(23)3-2-4-19(21)24/h2-8,16H,9-14H2,1H3,(H2,25,30)(H2,26,27,28). The number of halogens is 2. The van der Waals surface area contributed by atoms with Crippen molar-refractivity contribution in [1.82, 2.24) is 10.6 Å². The van der Waals surface area contributed by atoms with Gasteiger partial charge < -0.3 is 26.0 Å². The van der Waals surface area contributed by atoms with Crippen molar-refractivity contribution in [3.8, 4) is 5.75 Å². The summed E-state index contributed by atoms with van der Waals surface area (Å²) in [5.74, 6) is -0.382. The maximum Gasteiger partial charge on any atom is 0.255 e. The number of nitrogens with one attached hydrogen (secondary N) is 2. The second kappa shape index (κ2) is 10.6. The molecule has 1 aliphatic rings. The van der Waals surface area contributed by atoms with Crippen LogP contribution in [0.3, 0.4) is 0 Å². The molecule has 1 amide bonds. The zero-order valence-corrected chi connectivity index (χ0v) is 17.4. The number of aliphatic imine (C=N–C) groups is 1. The largest absolute Gasteiger partial charge is 0.484 e. The first-order valence-corrected chi connectivity index (χ1v) is 10.1. The summed E-state index contributed by atoms with van der Waals surface area (Å²) in [5, 5.41) is 6.57. The van der Waals surface area contributed by atoms with Gasteiger partial charge in [-0.1, -0.05) is 18.2 Å². The van der Waals surface area contributed by atoms with Crippen molar-refractivity contribution < 1.29 is 18.3 Å². The Hall–Kier alpha value is -3.36. The maximum atomic E-state index is 14.0. The highest BCUT2D eigenvalue weighted by molar-refractivity contribution is 5.80. The van der Waals surface area contributed by atoms with Crippen molar-refractivity contribution >= 4 is 17.6 Å². The monoisotopic (exact) mass is 431 g/mol. The minimum Gasteiger partial charge on any atom is -0.484 e. The molecule has 1 saturated heterocycles. The number of guanidine groups is 1. The van der Waals surface area contributed by atoms with Crippen molar-refractivity contribution in [2.45, 2.75) is 18.9 Å². The lowest BCUT2D eigenvalue weighted by Crippen LogP contribution is -2.45. The fourth-order valence-corrected chi connectivity index (χ4v) is 3.49. The molecule has 7 nitrogen and oxygen atoms in total. The quantitative estimate of drug-likeness (QED) is 0.438. The number of carbonyl (C=O) groups excluding carboxylic acids is 1. The van der Waals surface area contributed by atoms with E-state index in [4.69, 9.17) is 10.5 Å². The lowest BCUT2D eigenvalue weighted by molar-refractivity contribution is -0.119. The van der Waals surface area contributed by atoms with Crippen LogP contribution in [0.1, 0.15) is 12.0 Å². The average Bonchev–Trinajstić information content (AvgIpc) is 3.20. The Labute approximate surface area is 180 Å². The molecule has 166 valence electrons. The van der Waals surface area contributed by atoms with E-state index in [9.17, 15) is 13.6 Å². The van der Waals surface area contributed by atoms with Gasteiger partial charge in [-0.2, -0.15) is 0 Å². The zero-order valence-electron chi connectivity index (χ0n) is 17.4. The van der Waals surface area contributed by atoms with E-state index in [0.29, 0.717) is 31.3 Å². The van der Waals surface area contributed by atoms with Gasteiger partial charge in [-0.05, 0) is 42.7 Å². The predicted octanol–water partition coefficient (Wildman–Crippen LogP) is 1.82. The van der Waals surface area contributed by atoms with Crippen molar-refractivity contribution in [3.63, 3.8) is 0 Å². The van der Waals surface area contributed by atoms with Crippen molar-refractivity contribution in [3.05, 3.63) is 59.7 Å². The third-order valence-electron chi connectivity index (χ3n) is 5.02. The number of nitrogens with zero attached hydrogens (tertiary/aromatic N) is 2. The molecule has 3 rings (SSSR count). The minimum absolute atomic E-state index is 0.0259. The van der Waals surface area contributed by atoms with Gasteiger partial charge in [0.05, 0.1) is 0 Å². The number of carbonyl (C=O) groups is 1. The molecule has 0 saturated carbocycles. The molecular formula is C22H27F2N5O2. The van der Waals surface area contributed by atoms with Gasteiger partial charge in [0.1, 0.15) is 23.1 Å². The summed E-state index contributed by atoms with van der Waals surface area (Å²) in [7, 11) is 1.68. The Morgan fingerprint density at radius 3 is 2.58 bits per heavy atom. The van der Waals surface area contributed by atoms with Crippen LogP contribution in [0.15, 0.2) is 47.5 Å². The highest BCUT2D eigenvalue weighted by Crippen LogP contribution is 2.26. The molecule has 0 radical (unpaired) electrons. The van der Waals surface area contributed by atoms with Crippen LogP contribution in [0, 0.1) is 11.6 Å². The van der Waals surface area contributed by atoms with Gasteiger partial charge >= 0.3 is 0 Å². The van der Waals surface area contributed by atoms with Gasteiger partial charge in [0.15, 0.2) is 12.6 Å². The Morgan fingerprint density at radius 2 is 1.94 bits per heavy atom. The molecule has 1 aliphatic heterocycles. The third-order valence-corrected chi connectivity index (χ3v) is 5.02. The Balaban J connectivity index is 1.44. The van der Waals surface area contributed by atoms with Crippen LogP contribution in [0.2, 0.25) is 0 Å². The average molecular weight is 431 g/mol. The van der Waals surface area contributed by atoms with Gasteiger partial charge in [0.25, 0.3) is 5.91 Å². The number of hydrogen-bond donors (Lipinski definition) is 3. The third kappa shape index (κ3) is 6.31. The van der Waals surface area contributed by atoms with E-state index in [1.54, 1.807) is 24.1 Å². The van der Waals surface area contributed by atoms with Crippen LogP contribution < -0.4 is 26.0 Å². The van der Waals surface area contributed by atoms with Crippen molar-refractivity contribution in [1.29, 1.82) is 0 Å². The Bertz CT molecular complexity index is 900. The highest BCUT2D eigenvalue weighted by atomic mass is 19.1. The minimum atomic E-state index is -0.547. The number of rotatable bonds is 8. The summed E-state index contributed by atoms with van der Waals surface area (Å²) in [6, 6.07) is 11.4. The highest BCUT2D eigenvalue weighted by Gasteiger charge is 2.27. The lowest BCUT2D eigenvalue weighted by atomic mass is 10.1. The SMILES string of the molecule is CN=C(NCCc1ccc(OCC(N)=O)cc1)NC1CCN(c2c(F)cccc2F)C1. The van der Waals surface area contributed by atoms with E-state index in [-0.39, 0.29) is 18.3 Å². The van der Waals surface area contributed by atoms with Gasteiger partial charge in [-0.15, -0.1) is 0 Å². The molecule has 2 aromatic rings. The van der Waals surface area contributed by atoms with Crippen LogP contribution in [-0.4, -0.2) is 51.2 Å². The first kappa shape index (κ1) is 22.3. The molecule has 0 aliphatic carbocycles.